The molecule has 2 aromatic rings. The lowest BCUT2D eigenvalue weighted by Gasteiger charge is -2.42. The molecule has 1 saturated heterocycles. The number of nitro groups is 1. The van der Waals surface area contributed by atoms with E-state index in [1.165, 1.54) is 17.4 Å². The van der Waals surface area contributed by atoms with Crippen molar-refractivity contribution < 1.29 is 19.2 Å². The number of carbonyl (C=O) groups excluding carboxylic acids is 2. The van der Waals surface area contributed by atoms with Gasteiger partial charge in [-0.05, 0) is 78.0 Å². The van der Waals surface area contributed by atoms with Gasteiger partial charge >= 0.3 is 5.97 Å². The van der Waals surface area contributed by atoms with Crippen LogP contribution in [0.1, 0.15) is 85.0 Å². The highest BCUT2D eigenvalue weighted by Gasteiger charge is 2.42. The van der Waals surface area contributed by atoms with Crippen LogP contribution in [0.15, 0.2) is 18.2 Å². The summed E-state index contributed by atoms with van der Waals surface area (Å²) in [4.78, 5) is 40.7. The van der Waals surface area contributed by atoms with Crippen LogP contribution in [0, 0.1) is 10.1 Å². The number of hydrogen-bond acceptors (Lipinski definition) is 8. The van der Waals surface area contributed by atoms with E-state index in [1.807, 2.05) is 18.7 Å². The summed E-state index contributed by atoms with van der Waals surface area (Å²) in [7, 11) is 0. The van der Waals surface area contributed by atoms with Crippen LogP contribution in [0.25, 0.3) is 0 Å². The van der Waals surface area contributed by atoms with E-state index < -0.39 is 22.3 Å². The first-order chi connectivity index (χ1) is 16.9. The summed E-state index contributed by atoms with van der Waals surface area (Å²) >= 11 is 1.35. The number of thiophene rings is 1. The molecule has 0 bridgehead atoms. The molecule has 0 saturated carbocycles. The second-order valence-corrected chi connectivity index (χ2v) is 11.6. The summed E-state index contributed by atoms with van der Waals surface area (Å²) in [5.74, 6) is -0.984. The average Bonchev–Trinajstić information content (AvgIpc) is 3.16. The van der Waals surface area contributed by atoms with Gasteiger partial charge in [0.2, 0.25) is 0 Å². The zero-order valence-corrected chi connectivity index (χ0v) is 22.3. The number of hydrogen-bond donors (Lipinski definition) is 2. The van der Waals surface area contributed by atoms with Gasteiger partial charge in [0.25, 0.3) is 11.6 Å². The van der Waals surface area contributed by atoms with Crippen LogP contribution in [0.4, 0.5) is 16.4 Å². The van der Waals surface area contributed by atoms with Crippen molar-refractivity contribution in [3.05, 3.63) is 49.9 Å². The fraction of sp³-hybridized carbons (Fsp3) is 0.538. The molecule has 0 aliphatic carbocycles. The maximum absolute atomic E-state index is 13.3. The summed E-state index contributed by atoms with van der Waals surface area (Å²) in [6.45, 7) is 11.7. The Bertz CT molecular complexity index is 1200. The second-order valence-electron chi connectivity index (χ2n) is 10.6. The van der Waals surface area contributed by atoms with Crippen LogP contribution in [0.2, 0.25) is 0 Å². The molecule has 0 unspecified atom stereocenters. The maximum Gasteiger partial charge on any atom is 0.341 e. The summed E-state index contributed by atoms with van der Waals surface area (Å²) in [6, 6.07) is 4.59. The number of amides is 1. The number of ether oxygens (including phenoxy) is 1. The Balaban J connectivity index is 1.70. The SMILES string of the molecule is CCOC(=O)c1c(NC(=O)c2ccc(N3CCCCC3)c([N+](=O)[O-])c2)sc2c1CC(C)(C)NC2(C)C. The van der Waals surface area contributed by atoms with Gasteiger partial charge in [-0.1, -0.05) is 0 Å². The molecule has 10 heteroatoms. The largest absolute Gasteiger partial charge is 0.462 e. The molecule has 2 N–H and O–H groups in total. The third kappa shape index (κ3) is 5.10. The van der Waals surface area contributed by atoms with E-state index in [2.05, 4.69) is 24.5 Å². The fourth-order valence-electron chi connectivity index (χ4n) is 5.42. The number of nitrogens with zero attached hydrogens (tertiary/aromatic N) is 2. The molecule has 194 valence electrons. The molecule has 1 aromatic carbocycles. The predicted octanol–water partition coefficient (Wildman–Crippen LogP) is 5.24. The van der Waals surface area contributed by atoms with Crippen molar-refractivity contribution in [3.8, 4) is 0 Å². The smallest absolute Gasteiger partial charge is 0.341 e. The molecular formula is C26H34N4O5S. The molecule has 2 aliphatic heterocycles. The van der Waals surface area contributed by atoms with Crippen molar-refractivity contribution in [3.63, 3.8) is 0 Å². The Morgan fingerprint density at radius 1 is 1.19 bits per heavy atom. The quantitative estimate of drug-likeness (QED) is 0.308. The number of piperidine rings is 1. The number of nitrogens with one attached hydrogen (secondary N) is 2. The molecule has 3 heterocycles. The summed E-state index contributed by atoms with van der Waals surface area (Å²) in [5, 5.41) is 18.7. The summed E-state index contributed by atoms with van der Waals surface area (Å²) in [5.41, 5.74) is 1.17. The third-order valence-corrected chi connectivity index (χ3v) is 8.15. The molecule has 1 amide bonds. The Morgan fingerprint density at radius 3 is 2.53 bits per heavy atom. The van der Waals surface area contributed by atoms with Crippen molar-refractivity contribution in [1.29, 1.82) is 0 Å². The van der Waals surface area contributed by atoms with E-state index >= 15 is 0 Å². The molecule has 4 rings (SSSR count). The van der Waals surface area contributed by atoms with Crippen LogP contribution >= 0.6 is 11.3 Å². The Kier molecular flexibility index (Phi) is 7.12. The number of benzene rings is 1. The van der Waals surface area contributed by atoms with Gasteiger partial charge < -0.3 is 20.3 Å². The Morgan fingerprint density at radius 2 is 1.89 bits per heavy atom. The highest BCUT2D eigenvalue weighted by molar-refractivity contribution is 7.17. The van der Waals surface area contributed by atoms with Crippen LogP contribution in [-0.2, 0) is 16.7 Å². The molecule has 36 heavy (non-hydrogen) atoms. The first-order valence-corrected chi connectivity index (χ1v) is 13.2. The molecule has 1 fully saturated rings. The molecule has 1 aromatic heterocycles. The lowest BCUT2D eigenvalue weighted by molar-refractivity contribution is -0.384. The van der Waals surface area contributed by atoms with Crippen molar-refractivity contribution >= 4 is 39.6 Å². The first kappa shape index (κ1) is 26.1. The van der Waals surface area contributed by atoms with E-state index in [1.54, 1.807) is 19.1 Å². The summed E-state index contributed by atoms with van der Waals surface area (Å²) in [6.07, 6.45) is 3.69. The number of carbonyl (C=O) groups is 2. The van der Waals surface area contributed by atoms with Gasteiger partial charge in [-0.3, -0.25) is 14.9 Å². The van der Waals surface area contributed by atoms with Crippen LogP contribution in [-0.4, -0.2) is 42.0 Å². The molecule has 2 aliphatic rings. The van der Waals surface area contributed by atoms with Crippen LogP contribution in [0.3, 0.4) is 0 Å². The number of nitro benzene ring substituents is 1. The highest BCUT2D eigenvalue weighted by Crippen LogP contribution is 2.45. The van der Waals surface area contributed by atoms with Gasteiger partial charge in [-0.25, -0.2) is 4.79 Å². The lowest BCUT2D eigenvalue weighted by atomic mass is 9.81. The van der Waals surface area contributed by atoms with Gasteiger partial charge in [0, 0.05) is 40.7 Å². The third-order valence-electron chi connectivity index (χ3n) is 6.68. The van der Waals surface area contributed by atoms with Gasteiger partial charge in [0.05, 0.1) is 17.1 Å². The zero-order chi connectivity index (χ0) is 26.3. The van der Waals surface area contributed by atoms with Gasteiger partial charge in [0.1, 0.15) is 10.7 Å². The van der Waals surface area contributed by atoms with E-state index in [9.17, 15) is 19.7 Å². The zero-order valence-electron chi connectivity index (χ0n) is 21.5. The average molecular weight is 515 g/mol. The molecule has 0 radical (unpaired) electrons. The number of rotatable bonds is 6. The highest BCUT2D eigenvalue weighted by atomic mass is 32.1. The van der Waals surface area contributed by atoms with Crippen molar-refractivity contribution in [2.75, 3.05) is 29.9 Å². The standard InChI is InChI=1S/C26H34N4O5S/c1-6-35-24(32)20-17-15-25(2,3)28-26(4,5)21(17)36-23(20)27-22(31)16-10-11-18(19(14-16)30(33)34)29-12-8-7-9-13-29/h10-11,14,28H,6-9,12-13,15H2,1-5H3,(H,27,31). The maximum atomic E-state index is 13.3. The van der Waals surface area contributed by atoms with Crippen molar-refractivity contribution in [2.24, 2.45) is 0 Å². The van der Waals surface area contributed by atoms with Crippen molar-refractivity contribution in [1.82, 2.24) is 5.32 Å². The Hall–Kier alpha value is -2.98. The normalized spacial score (nSPS) is 18.3. The Labute approximate surface area is 215 Å². The summed E-state index contributed by atoms with van der Waals surface area (Å²) < 4.78 is 5.35. The number of anilines is 2. The predicted molar refractivity (Wildman–Crippen MR) is 141 cm³/mol. The topological polar surface area (TPSA) is 114 Å². The van der Waals surface area contributed by atoms with E-state index in [-0.39, 0.29) is 23.4 Å². The molecule has 0 spiro atoms. The fourth-order valence-corrected chi connectivity index (χ4v) is 6.68. The molecular weight excluding hydrogens is 480 g/mol. The van der Waals surface area contributed by atoms with Crippen LogP contribution < -0.4 is 15.5 Å². The van der Waals surface area contributed by atoms with Gasteiger partial charge in [0.15, 0.2) is 0 Å². The van der Waals surface area contributed by atoms with E-state index in [0.717, 1.165) is 42.8 Å². The number of esters is 1. The van der Waals surface area contributed by atoms with Crippen LogP contribution in [0.5, 0.6) is 0 Å². The van der Waals surface area contributed by atoms with Gasteiger partial charge in [-0.2, -0.15) is 0 Å². The molecule has 0 atom stereocenters. The van der Waals surface area contributed by atoms with E-state index in [0.29, 0.717) is 22.7 Å². The minimum atomic E-state index is -0.502. The molecule has 9 nitrogen and oxygen atoms in total. The lowest BCUT2D eigenvalue weighted by Crippen LogP contribution is -2.55. The van der Waals surface area contributed by atoms with Gasteiger partial charge in [-0.15, -0.1) is 11.3 Å². The monoisotopic (exact) mass is 514 g/mol. The minimum Gasteiger partial charge on any atom is -0.462 e. The van der Waals surface area contributed by atoms with Crippen molar-refractivity contribution in [2.45, 2.75) is 71.4 Å². The van der Waals surface area contributed by atoms with E-state index in [4.69, 9.17) is 4.74 Å². The minimum absolute atomic E-state index is 0.0901. The second kappa shape index (κ2) is 9.82. The first-order valence-electron chi connectivity index (χ1n) is 12.4. The number of fused-ring (bicyclic) bond motifs is 1.